The minimum atomic E-state index is -2.14. The van der Waals surface area contributed by atoms with Gasteiger partial charge in [0.15, 0.2) is 0 Å². The molecule has 3 aromatic carbocycles. The number of nitro groups is 1. The van der Waals surface area contributed by atoms with Gasteiger partial charge >= 0.3 is 17.9 Å². The molecule has 2 atom stereocenters. The number of fused-ring (bicyclic) bond motifs is 1. The van der Waals surface area contributed by atoms with Crippen LogP contribution in [0.3, 0.4) is 0 Å². The zero-order valence-corrected chi connectivity index (χ0v) is 21.3. The number of carbonyl (C=O) groups is 3. The molecule has 0 amide bonds. The van der Waals surface area contributed by atoms with Crippen molar-refractivity contribution in [1.29, 1.82) is 0 Å². The second-order valence-corrected chi connectivity index (χ2v) is 8.94. The molecule has 0 spiro atoms. The summed E-state index contributed by atoms with van der Waals surface area (Å²) >= 11 is 0. The number of carbonyl (C=O) groups excluding carboxylic acids is 3. The van der Waals surface area contributed by atoms with E-state index in [1.165, 1.54) is 18.2 Å². The highest BCUT2D eigenvalue weighted by Gasteiger charge is 2.69. The maximum atomic E-state index is 13.8. The number of hydrogen-bond donors (Lipinski definition) is 1. The molecule has 4 rings (SSSR count). The van der Waals surface area contributed by atoms with Crippen LogP contribution in [0.2, 0.25) is 0 Å². The van der Waals surface area contributed by atoms with Gasteiger partial charge in [0.05, 0.1) is 31.3 Å². The predicted molar refractivity (Wildman–Crippen MR) is 137 cm³/mol. The van der Waals surface area contributed by atoms with Gasteiger partial charge in [0, 0.05) is 18.1 Å². The Morgan fingerprint density at radius 3 is 2.13 bits per heavy atom. The number of nitrogens with zero attached hydrogens (tertiary/aromatic N) is 1. The van der Waals surface area contributed by atoms with Gasteiger partial charge in [-0.05, 0) is 36.2 Å². The molecule has 0 aliphatic carbocycles. The Labute approximate surface area is 219 Å². The Balaban J connectivity index is 2.07. The van der Waals surface area contributed by atoms with Crippen LogP contribution in [0.1, 0.15) is 37.4 Å². The predicted octanol–water partition coefficient (Wildman–Crippen LogP) is 3.76. The van der Waals surface area contributed by atoms with Crippen molar-refractivity contribution in [2.24, 2.45) is 0 Å². The van der Waals surface area contributed by atoms with Crippen molar-refractivity contribution >= 4 is 34.4 Å². The quantitative estimate of drug-likeness (QED) is 0.155. The lowest BCUT2D eigenvalue weighted by molar-refractivity contribution is -0.386. The fourth-order valence-corrected chi connectivity index (χ4v) is 5.29. The van der Waals surface area contributed by atoms with Gasteiger partial charge in [-0.1, -0.05) is 54.6 Å². The number of ether oxygens (including phenoxy) is 3. The number of benzene rings is 3. The molecule has 38 heavy (non-hydrogen) atoms. The number of nitro benzene ring substituents is 1. The van der Waals surface area contributed by atoms with E-state index in [2.05, 4.69) is 5.32 Å². The molecule has 0 saturated carbocycles. The standard InChI is InChI=1S/C28H28N2O8/c1-4-37-25(32)28(26(33)38-5-2)17-27(24(31)36-3,21-12-8-9-13-22(21)30(34)35)23(29-28)20-15-14-18-10-6-7-11-19(18)16-20/h6-16,23,29H,4-5,17H2,1-3H3/t23-,27+/m1/s1. The van der Waals surface area contributed by atoms with Crippen LogP contribution < -0.4 is 5.32 Å². The van der Waals surface area contributed by atoms with Crippen LogP contribution in [-0.4, -0.2) is 48.7 Å². The van der Waals surface area contributed by atoms with Crippen molar-refractivity contribution in [3.05, 3.63) is 88.0 Å². The summed E-state index contributed by atoms with van der Waals surface area (Å²) in [6, 6.07) is 17.6. The molecule has 10 heteroatoms. The molecule has 3 aromatic rings. The molecule has 10 nitrogen and oxygen atoms in total. The number of rotatable bonds is 8. The first-order valence-corrected chi connectivity index (χ1v) is 12.2. The van der Waals surface area contributed by atoms with Crippen LogP contribution >= 0.6 is 0 Å². The van der Waals surface area contributed by atoms with E-state index in [-0.39, 0.29) is 24.5 Å². The van der Waals surface area contributed by atoms with E-state index in [4.69, 9.17) is 14.2 Å². The molecular formula is C28H28N2O8. The zero-order chi connectivity index (χ0) is 27.5. The van der Waals surface area contributed by atoms with Gasteiger partial charge in [0.25, 0.3) is 5.69 Å². The van der Waals surface area contributed by atoms with Gasteiger partial charge in [0.1, 0.15) is 5.41 Å². The van der Waals surface area contributed by atoms with E-state index < -0.39 is 46.2 Å². The van der Waals surface area contributed by atoms with E-state index in [0.717, 1.165) is 17.9 Å². The summed E-state index contributed by atoms with van der Waals surface area (Å²) in [4.78, 5) is 52.2. The first-order chi connectivity index (χ1) is 18.2. The van der Waals surface area contributed by atoms with Crippen molar-refractivity contribution in [3.63, 3.8) is 0 Å². The van der Waals surface area contributed by atoms with E-state index in [0.29, 0.717) is 5.56 Å². The second kappa shape index (κ2) is 10.6. The summed E-state index contributed by atoms with van der Waals surface area (Å²) in [6.45, 7) is 3.09. The highest BCUT2D eigenvalue weighted by molar-refractivity contribution is 6.07. The maximum absolute atomic E-state index is 13.8. The molecule has 0 radical (unpaired) electrons. The Kier molecular flexibility index (Phi) is 7.45. The van der Waals surface area contributed by atoms with Crippen LogP contribution in [0.5, 0.6) is 0 Å². The molecule has 1 saturated heterocycles. The smallest absolute Gasteiger partial charge is 0.338 e. The lowest BCUT2D eigenvalue weighted by atomic mass is 9.69. The maximum Gasteiger partial charge on any atom is 0.338 e. The van der Waals surface area contributed by atoms with Crippen LogP contribution in [0.25, 0.3) is 10.8 Å². The molecule has 1 aliphatic heterocycles. The molecular weight excluding hydrogens is 492 g/mol. The van der Waals surface area contributed by atoms with Crippen molar-refractivity contribution in [2.75, 3.05) is 20.3 Å². The highest BCUT2D eigenvalue weighted by atomic mass is 16.6. The third-order valence-corrected chi connectivity index (χ3v) is 6.91. The topological polar surface area (TPSA) is 134 Å². The van der Waals surface area contributed by atoms with E-state index in [1.807, 2.05) is 36.4 Å². The van der Waals surface area contributed by atoms with Gasteiger partial charge < -0.3 is 14.2 Å². The molecule has 0 unspecified atom stereocenters. The van der Waals surface area contributed by atoms with Crippen molar-refractivity contribution in [2.45, 2.75) is 37.3 Å². The van der Waals surface area contributed by atoms with Crippen LogP contribution in [0.15, 0.2) is 66.7 Å². The fraction of sp³-hybridized carbons (Fsp3) is 0.321. The third kappa shape index (κ3) is 4.26. The summed E-state index contributed by atoms with van der Waals surface area (Å²) in [7, 11) is 1.16. The van der Waals surface area contributed by atoms with Gasteiger partial charge in [-0.15, -0.1) is 0 Å². The lowest BCUT2D eigenvalue weighted by Gasteiger charge is -2.32. The number of esters is 3. The van der Waals surface area contributed by atoms with Gasteiger partial charge in [-0.2, -0.15) is 0 Å². The van der Waals surface area contributed by atoms with Crippen LogP contribution in [0.4, 0.5) is 5.69 Å². The van der Waals surface area contributed by atoms with Crippen LogP contribution in [0, 0.1) is 10.1 Å². The Morgan fingerprint density at radius 1 is 0.921 bits per heavy atom. The number of para-hydroxylation sites is 1. The van der Waals surface area contributed by atoms with Crippen molar-refractivity contribution in [1.82, 2.24) is 5.32 Å². The summed E-state index contributed by atoms with van der Waals surface area (Å²) in [6.07, 6.45) is -0.521. The molecule has 1 fully saturated rings. The lowest BCUT2D eigenvalue weighted by Crippen LogP contribution is -2.56. The normalized spacial score (nSPS) is 20.0. The van der Waals surface area contributed by atoms with Gasteiger partial charge in [-0.3, -0.25) is 20.2 Å². The Morgan fingerprint density at radius 2 is 1.53 bits per heavy atom. The average molecular weight is 521 g/mol. The summed E-state index contributed by atoms with van der Waals surface area (Å²) in [5.74, 6) is -2.75. The molecule has 198 valence electrons. The van der Waals surface area contributed by atoms with E-state index in [9.17, 15) is 24.5 Å². The van der Waals surface area contributed by atoms with E-state index in [1.54, 1.807) is 26.0 Å². The summed E-state index contributed by atoms with van der Waals surface area (Å²) in [5.41, 5.74) is -3.85. The second-order valence-electron chi connectivity index (χ2n) is 8.94. The molecule has 1 aliphatic rings. The fourth-order valence-electron chi connectivity index (χ4n) is 5.29. The SMILES string of the molecule is CCOC(=O)C1(C(=O)OCC)C[C@](C(=O)OC)(c2ccccc2[N+](=O)[O-])[C@@H](c2ccc3ccccc3c2)N1. The number of nitrogens with one attached hydrogen (secondary N) is 1. The Bertz CT molecular complexity index is 1390. The number of methoxy groups -OCH3 is 1. The first-order valence-electron chi connectivity index (χ1n) is 12.2. The van der Waals surface area contributed by atoms with Crippen LogP contribution in [-0.2, 0) is 34.0 Å². The Hall–Kier alpha value is -4.31. The highest BCUT2D eigenvalue weighted by Crippen LogP contribution is 2.53. The largest absolute Gasteiger partial charge is 0.468 e. The van der Waals surface area contributed by atoms with Crippen molar-refractivity contribution in [3.8, 4) is 0 Å². The van der Waals surface area contributed by atoms with Gasteiger partial charge in [-0.25, -0.2) is 9.59 Å². The third-order valence-electron chi connectivity index (χ3n) is 6.91. The zero-order valence-electron chi connectivity index (χ0n) is 21.3. The monoisotopic (exact) mass is 520 g/mol. The summed E-state index contributed by atoms with van der Waals surface area (Å²) < 4.78 is 15.8. The van der Waals surface area contributed by atoms with Crippen molar-refractivity contribution < 1.29 is 33.5 Å². The molecule has 0 bridgehead atoms. The minimum absolute atomic E-state index is 0.00187. The molecule has 1 N–H and O–H groups in total. The first kappa shape index (κ1) is 26.7. The molecule has 1 heterocycles. The molecule has 0 aromatic heterocycles. The van der Waals surface area contributed by atoms with E-state index >= 15 is 0 Å². The van der Waals surface area contributed by atoms with Gasteiger partial charge in [0.2, 0.25) is 5.54 Å². The summed E-state index contributed by atoms with van der Waals surface area (Å²) in [5, 5.41) is 16.9. The number of hydrogen-bond acceptors (Lipinski definition) is 9. The minimum Gasteiger partial charge on any atom is -0.468 e. The average Bonchev–Trinajstić information content (AvgIpc) is 3.31.